The lowest BCUT2D eigenvalue weighted by molar-refractivity contribution is -0.137. The maximum atomic E-state index is 12.1. The number of likely N-dealkylation sites (tertiary alicyclic amines) is 1. The van der Waals surface area contributed by atoms with Crippen molar-refractivity contribution < 1.29 is 14.3 Å². The number of aromatic nitrogens is 1. The van der Waals surface area contributed by atoms with Gasteiger partial charge in [-0.15, -0.1) is 11.3 Å². The molecule has 1 saturated heterocycles. The summed E-state index contributed by atoms with van der Waals surface area (Å²) in [5.41, 5.74) is 0.891. The van der Waals surface area contributed by atoms with Crippen molar-refractivity contribution in [3.63, 3.8) is 0 Å². The van der Waals surface area contributed by atoms with Crippen LogP contribution < -0.4 is 5.32 Å². The quantitative estimate of drug-likeness (QED) is 0.815. The predicted molar refractivity (Wildman–Crippen MR) is 93.8 cm³/mol. The van der Waals surface area contributed by atoms with Crippen molar-refractivity contribution >= 4 is 23.2 Å². The third-order valence-electron chi connectivity index (χ3n) is 4.09. The molecule has 0 unspecified atom stereocenters. The van der Waals surface area contributed by atoms with Gasteiger partial charge < -0.3 is 15.0 Å². The molecule has 1 aromatic rings. The van der Waals surface area contributed by atoms with Crippen molar-refractivity contribution in [1.29, 1.82) is 0 Å². The van der Waals surface area contributed by atoms with E-state index in [0.717, 1.165) is 30.1 Å². The molecular formula is C17H27N3O3S. The van der Waals surface area contributed by atoms with Gasteiger partial charge in [-0.05, 0) is 19.8 Å². The largest absolute Gasteiger partial charge is 0.372 e. The first-order valence-electron chi connectivity index (χ1n) is 8.58. The van der Waals surface area contributed by atoms with Crippen LogP contribution in [0.3, 0.4) is 0 Å². The van der Waals surface area contributed by atoms with E-state index in [2.05, 4.69) is 10.3 Å². The molecular weight excluding hydrogens is 326 g/mol. The second-order valence-electron chi connectivity index (χ2n) is 6.37. The van der Waals surface area contributed by atoms with Crippen LogP contribution in [0.25, 0.3) is 0 Å². The molecule has 0 radical (unpaired) electrons. The fourth-order valence-electron chi connectivity index (χ4n) is 2.66. The first-order valence-corrected chi connectivity index (χ1v) is 9.46. The van der Waals surface area contributed by atoms with Crippen molar-refractivity contribution in [2.75, 3.05) is 26.3 Å². The molecule has 1 N–H and O–H groups in total. The van der Waals surface area contributed by atoms with Gasteiger partial charge in [-0.25, -0.2) is 4.98 Å². The Balaban J connectivity index is 1.89. The molecule has 134 valence electrons. The van der Waals surface area contributed by atoms with Crippen LogP contribution in [0, 0.1) is 5.92 Å². The van der Waals surface area contributed by atoms with Crippen molar-refractivity contribution in [1.82, 2.24) is 15.2 Å². The lowest BCUT2D eigenvalue weighted by atomic mass is 9.98. The third-order valence-corrected chi connectivity index (χ3v) is 5.15. The Kier molecular flexibility index (Phi) is 7.17. The normalized spacial score (nSPS) is 18.0. The van der Waals surface area contributed by atoms with E-state index in [0.29, 0.717) is 19.7 Å². The smallest absolute Gasteiger partial charge is 0.248 e. The SMILES string of the molecule is CCOCC(=O)N1CCC[C@@H](c2nc(CNC(=O)C(C)C)cs2)C1. The van der Waals surface area contributed by atoms with Gasteiger partial charge in [-0.1, -0.05) is 13.8 Å². The Morgan fingerprint density at radius 2 is 2.29 bits per heavy atom. The highest BCUT2D eigenvalue weighted by molar-refractivity contribution is 7.09. The molecule has 24 heavy (non-hydrogen) atoms. The van der Waals surface area contributed by atoms with Gasteiger partial charge in [-0.2, -0.15) is 0 Å². The van der Waals surface area contributed by atoms with Gasteiger partial charge in [0.15, 0.2) is 0 Å². The van der Waals surface area contributed by atoms with Gasteiger partial charge in [0.25, 0.3) is 0 Å². The van der Waals surface area contributed by atoms with E-state index in [1.807, 2.05) is 31.1 Å². The maximum Gasteiger partial charge on any atom is 0.248 e. The number of rotatable bonds is 7. The van der Waals surface area contributed by atoms with Crippen LogP contribution in [-0.4, -0.2) is 48.0 Å². The molecule has 0 bridgehead atoms. The molecule has 2 amide bonds. The van der Waals surface area contributed by atoms with Crippen LogP contribution in [-0.2, 0) is 20.9 Å². The van der Waals surface area contributed by atoms with Gasteiger partial charge in [0.1, 0.15) is 6.61 Å². The summed E-state index contributed by atoms with van der Waals surface area (Å²) in [6.45, 7) is 8.32. The summed E-state index contributed by atoms with van der Waals surface area (Å²) in [7, 11) is 0. The lowest BCUT2D eigenvalue weighted by Crippen LogP contribution is -2.41. The van der Waals surface area contributed by atoms with E-state index in [1.54, 1.807) is 11.3 Å². The Bertz CT molecular complexity index is 559. The Morgan fingerprint density at radius 3 is 3.00 bits per heavy atom. The average Bonchev–Trinajstić information content (AvgIpc) is 3.06. The number of piperidine rings is 1. The number of nitrogens with one attached hydrogen (secondary N) is 1. The predicted octanol–water partition coefficient (Wildman–Crippen LogP) is 2.16. The standard InChI is InChI=1S/C17H27N3O3S/c1-4-23-10-15(21)20-7-5-6-13(9-20)17-19-14(11-24-17)8-18-16(22)12(2)3/h11-13H,4-10H2,1-3H3,(H,18,22)/t13-/m1/s1. The molecule has 0 aliphatic carbocycles. The number of hydrogen-bond donors (Lipinski definition) is 1. The first-order chi connectivity index (χ1) is 11.5. The molecule has 7 heteroatoms. The van der Waals surface area contributed by atoms with Crippen molar-refractivity contribution in [3.05, 3.63) is 16.1 Å². The fraction of sp³-hybridized carbons (Fsp3) is 0.706. The van der Waals surface area contributed by atoms with Gasteiger partial charge in [0.05, 0.1) is 17.2 Å². The van der Waals surface area contributed by atoms with E-state index >= 15 is 0 Å². The van der Waals surface area contributed by atoms with Crippen LogP contribution in [0.2, 0.25) is 0 Å². The Hall–Kier alpha value is -1.47. The van der Waals surface area contributed by atoms with Crippen LogP contribution in [0.4, 0.5) is 0 Å². The summed E-state index contributed by atoms with van der Waals surface area (Å²) in [6.07, 6.45) is 2.03. The summed E-state index contributed by atoms with van der Waals surface area (Å²) < 4.78 is 5.22. The van der Waals surface area contributed by atoms with Crippen molar-refractivity contribution in [2.45, 2.75) is 46.1 Å². The number of thiazole rings is 1. The van der Waals surface area contributed by atoms with E-state index in [-0.39, 0.29) is 30.3 Å². The topological polar surface area (TPSA) is 71.5 Å². The fourth-order valence-corrected chi connectivity index (χ4v) is 3.61. The highest BCUT2D eigenvalue weighted by Gasteiger charge is 2.26. The second-order valence-corrected chi connectivity index (χ2v) is 7.26. The van der Waals surface area contributed by atoms with Crippen molar-refractivity contribution in [3.8, 4) is 0 Å². The maximum absolute atomic E-state index is 12.1. The van der Waals surface area contributed by atoms with E-state index < -0.39 is 0 Å². The lowest BCUT2D eigenvalue weighted by Gasteiger charge is -2.31. The average molecular weight is 353 g/mol. The summed E-state index contributed by atoms with van der Waals surface area (Å²) in [6, 6.07) is 0. The molecule has 0 spiro atoms. The molecule has 6 nitrogen and oxygen atoms in total. The summed E-state index contributed by atoms with van der Waals surface area (Å²) in [4.78, 5) is 30.3. The van der Waals surface area contributed by atoms with Gasteiger partial charge >= 0.3 is 0 Å². The number of ether oxygens (including phenoxy) is 1. The monoisotopic (exact) mass is 353 g/mol. The minimum atomic E-state index is -0.0219. The van der Waals surface area contributed by atoms with Gasteiger partial charge in [0.2, 0.25) is 11.8 Å². The Morgan fingerprint density at radius 1 is 1.50 bits per heavy atom. The molecule has 0 saturated carbocycles. The van der Waals surface area contributed by atoms with E-state index in [9.17, 15) is 9.59 Å². The second kappa shape index (κ2) is 9.13. The third kappa shape index (κ3) is 5.27. The summed E-state index contributed by atoms with van der Waals surface area (Å²) >= 11 is 1.62. The van der Waals surface area contributed by atoms with E-state index in [4.69, 9.17) is 4.74 Å². The molecule has 2 heterocycles. The molecule has 1 aliphatic rings. The van der Waals surface area contributed by atoms with Crippen LogP contribution in [0.15, 0.2) is 5.38 Å². The minimum absolute atomic E-state index is 0.0219. The molecule has 0 aromatic carbocycles. The van der Waals surface area contributed by atoms with Gasteiger partial charge in [-0.3, -0.25) is 9.59 Å². The Labute approximate surface area is 147 Å². The molecule has 1 fully saturated rings. The van der Waals surface area contributed by atoms with Crippen LogP contribution in [0.5, 0.6) is 0 Å². The summed E-state index contributed by atoms with van der Waals surface area (Å²) in [5.74, 6) is 0.354. The molecule has 2 rings (SSSR count). The number of amides is 2. The number of carbonyl (C=O) groups is 2. The van der Waals surface area contributed by atoms with Gasteiger partial charge in [0, 0.05) is 36.9 Å². The number of carbonyl (C=O) groups excluding carboxylic acids is 2. The molecule has 1 aliphatic heterocycles. The molecule has 1 aromatic heterocycles. The van der Waals surface area contributed by atoms with Crippen LogP contribution in [0.1, 0.15) is 50.2 Å². The highest BCUT2D eigenvalue weighted by Crippen LogP contribution is 2.29. The molecule has 1 atom stereocenters. The zero-order valence-electron chi connectivity index (χ0n) is 14.7. The van der Waals surface area contributed by atoms with E-state index in [1.165, 1.54) is 0 Å². The number of nitrogens with zero attached hydrogens (tertiary/aromatic N) is 2. The highest BCUT2D eigenvalue weighted by atomic mass is 32.1. The van der Waals surface area contributed by atoms with Crippen molar-refractivity contribution in [2.24, 2.45) is 5.92 Å². The first kappa shape index (κ1) is 18.9. The minimum Gasteiger partial charge on any atom is -0.372 e. The summed E-state index contributed by atoms with van der Waals surface area (Å²) in [5, 5.41) is 5.94. The number of hydrogen-bond acceptors (Lipinski definition) is 5. The zero-order valence-corrected chi connectivity index (χ0v) is 15.5. The van der Waals surface area contributed by atoms with Crippen LogP contribution >= 0.6 is 11.3 Å². The zero-order chi connectivity index (χ0) is 17.5.